The second kappa shape index (κ2) is 4.73. The van der Waals surface area contributed by atoms with Crippen LogP contribution in [0.2, 0.25) is 0 Å². The van der Waals surface area contributed by atoms with Gasteiger partial charge in [0.2, 0.25) is 0 Å². The van der Waals surface area contributed by atoms with Crippen LogP contribution in [0.15, 0.2) is 0 Å². The summed E-state index contributed by atoms with van der Waals surface area (Å²) >= 11 is 0. The highest BCUT2D eigenvalue weighted by Crippen LogP contribution is 2.20. The Morgan fingerprint density at radius 2 is 1.70 bits per heavy atom. The first-order valence-corrected chi connectivity index (χ1v) is 4.21. The molecule has 0 rings (SSSR count). The van der Waals surface area contributed by atoms with Gasteiger partial charge in [-0.15, -0.1) is 0 Å². The molecular formula is C9H21N. The second-order valence-electron chi connectivity index (χ2n) is 4.12. The zero-order chi connectivity index (χ0) is 8.04. The van der Waals surface area contributed by atoms with Crippen LogP contribution < -0.4 is 5.32 Å². The second-order valence-corrected chi connectivity index (χ2v) is 4.12. The summed E-state index contributed by atoms with van der Waals surface area (Å²) in [7, 11) is 2.01. The van der Waals surface area contributed by atoms with E-state index in [1.165, 1.54) is 19.3 Å². The lowest BCUT2D eigenvalue weighted by atomic mass is 9.90. The van der Waals surface area contributed by atoms with Crippen molar-refractivity contribution in [2.45, 2.75) is 40.0 Å². The number of hydrogen-bond donors (Lipinski definition) is 1. The summed E-state index contributed by atoms with van der Waals surface area (Å²) in [5.41, 5.74) is 0.522. The number of hydrogen-bond acceptors (Lipinski definition) is 1. The van der Waals surface area contributed by atoms with Crippen LogP contribution in [0.25, 0.3) is 0 Å². The highest BCUT2D eigenvalue weighted by molar-refractivity contribution is 4.61. The van der Waals surface area contributed by atoms with Crippen molar-refractivity contribution < 1.29 is 0 Å². The molecule has 10 heavy (non-hydrogen) atoms. The summed E-state index contributed by atoms with van der Waals surface area (Å²) in [6.07, 6.45) is 4.01. The largest absolute Gasteiger partial charge is 0.320 e. The molecule has 0 bridgehead atoms. The minimum Gasteiger partial charge on any atom is -0.320 e. The molecule has 1 N–H and O–H groups in total. The van der Waals surface area contributed by atoms with Crippen LogP contribution in [0.5, 0.6) is 0 Å². The van der Waals surface area contributed by atoms with E-state index in [2.05, 4.69) is 26.1 Å². The van der Waals surface area contributed by atoms with Gasteiger partial charge in [0, 0.05) is 0 Å². The molecule has 0 atom stereocenters. The van der Waals surface area contributed by atoms with Crippen LogP contribution in [-0.4, -0.2) is 13.6 Å². The van der Waals surface area contributed by atoms with Gasteiger partial charge in [0.1, 0.15) is 0 Å². The van der Waals surface area contributed by atoms with E-state index in [0.717, 1.165) is 6.54 Å². The van der Waals surface area contributed by atoms with Crippen molar-refractivity contribution in [2.75, 3.05) is 13.6 Å². The lowest BCUT2D eigenvalue weighted by Crippen LogP contribution is -2.10. The molecule has 0 aromatic heterocycles. The minimum absolute atomic E-state index is 0.522. The molecule has 62 valence electrons. The van der Waals surface area contributed by atoms with Gasteiger partial charge in [-0.1, -0.05) is 27.2 Å². The summed E-state index contributed by atoms with van der Waals surface area (Å²) in [6, 6.07) is 0. The van der Waals surface area contributed by atoms with Crippen molar-refractivity contribution in [1.29, 1.82) is 0 Å². The van der Waals surface area contributed by atoms with Gasteiger partial charge in [0.05, 0.1) is 0 Å². The Hall–Kier alpha value is -0.0400. The molecule has 0 fully saturated rings. The molecular weight excluding hydrogens is 122 g/mol. The Kier molecular flexibility index (Phi) is 4.71. The quantitative estimate of drug-likeness (QED) is 0.596. The molecule has 0 saturated carbocycles. The minimum atomic E-state index is 0.522. The average molecular weight is 143 g/mol. The molecule has 1 heteroatoms. The van der Waals surface area contributed by atoms with Crippen LogP contribution in [0.3, 0.4) is 0 Å². The number of rotatable bonds is 4. The zero-order valence-electron chi connectivity index (χ0n) is 7.83. The average Bonchev–Trinajstić information content (AvgIpc) is 1.78. The molecule has 0 saturated heterocycles. The van der Waals surface area contributed by atoms with Crippen molar-refractivity contribution >= 4 is 0 Å². The van der Waals surface area contributed by atoms with Gasteiger partial charge in [0.25, 0.3) is 0 Å². The SMILES string of the molecule is CNCCCCC(C)(C)C. The molecule has 0 spiro atoms. The Morgan fingerprint density at radius 3 is 2.10 bits per heavy atom. The third kappa shape index (κ3) is 7.96. The number of nitrogens with one attached hydrogen (secondary N) is 1. The molecule has 0 aliphatic rings. The fraction of sp³-hybridized carbons (Fsp3) is 1.00. The van der Waals surface area contributed by atoms with Gasteiger partial charge in [-0.25, -0.2) is 0 Å². The first-order chi connectivity index (χ1) is 4.56. The molecule has 0 unspecified atom stereocenters. The van der Waals surface area contributed by atoms with Crippen molar-refractivity contribution in [1.82, 2.24) is 5.32 Å². The van der Waals surface area contributed by atoms with Crippen molar-refractivity contribution in [3.63, 3.8) is 0 Å². The molecule has 0 heterocycles. The van der Waals surface area contributed by atoms with Crippen LogP contribution in [0.1, 0.15) is 40.0 Å². The maximum Gasteiger partial charge on any atom is -0.00519 e. The fourth-order valence-electron chi connectivity index (χ4n) is 0.957. The molecule has 1 nitrogen and oxygen atoms in total. The van der Waals surface area contributed by atoms with E-state index in [9.17, 15) is 0 Å². The van der Waals surface area contributed by atoms with Crippen LogP contribution in [0, 0.1) is 5.41 Å². The Morgan fingerprint density at radius 1 is 1.10 bits per heavy atom. The molecule has 0 radical (unpaired) electrons. The summed E-state index contributed by atoms with van der Waals surface area (Å²) in [5.74, 6) is 0. The lowest BCUT2D eigenvalue weighted by molar-refractivity contribution is 0.359. The van der Waals surface area contributed by atoms with E-state index in [1.54, 1.807) is 0 Å². The Balaban J connectivity index is 3.04. The van der Waals surface area contributed by atoms with E-state index < -0.39 is 0 Å². The summed E-state index contributed by atoms with van der Waals surface area (Å²) in [5, 5.41) is 3.15. The van der Waals surface area contributed by atoms with Crippen LogP contribution in [0.4, 0.5) is 0 Å². The van der Waals surface area contributed by atoms with Gasteiger partial charge < -0.3 is 5.32 Å². The maximum atomic E-state index is 3.15. The van der Waals surface area contributed by atoms with Crippen LogP contribution >= 0.6 is 0 Å². The van der Waals surface area contributed by atoms with Gasteiger partial charge >= 0.3 is 0 Å². The lowest BCUT2D eigenvalue weighted by Gasteiger charge is -2.17. The Bertz CT molecular complexity index is 71.3. The van der Waals surface area contributed by atoms with Gasteiger partial charge in [-0.2, -0.15) is 0 Å². The summed E-state index contributed by atoms with van der Waals surface area (Å²) in [6.45, 7) is 8.06. The van der Waals surface area contributed by atoms with E-state index in [0.29, 0.717) is 5.41 Å². The van der Waals surface area contributed by atoms with E-state index in [4.69, 9.17) is 0 Å². The maximum absolute atomic E-state index is 3.15. The summed E-state index contributed by atoms with van der Waals surface area (Å²) in [4.78, 5) is 0. The highest BCUT2D eigenvalue weighted by atomic mass is 14.8. The van der Waals surface area contributed by atoms with E-state index in [1.807, 2.05) is 7.05 Å². The molecule has 0 amide bonds. The normalized spacial score (nSPS) is 12.0. The summed E-state index contributed by atoms with van der Waals surface area (Å²) < 4.78 is 0. The first-order valence-electron chi connectivity index (χ1n) is 4.21. The van der Waals surface area contributed by atoms with Crippen molar-refractivity contribution in [3.8, 4) is 0 Å². The topological polar surface area (TPSA) is 12.0 Å². The molecule has 0 aromatic rings. The predicted molar refractivity (Wildman–Crippen MR) is 47.2 cm³/mol. The third-order valence-electron chi connectivity index (χ3n) is 1.60. The van der Waals surface area contributed by atoms with Gasteiger partial charge in [-0.05, 0) is 31.8 Å². The monoisotopic (exact) mass is 143 g/mol. The smallest absolute Gasteiger partial charge is 0.00519 e. The molecule has 0 aliphatic carbocycles. The molecule has 0 aromatic carbocycles. The predicted octanol–water partition coefficient (Wildman–Crippen LogP) is 2.42. The van der Waals surface area contributed by atoms with E-state index >= 15 is 0 Å². The standard InChI is InChI=1S/C9H21N/c1-9(2,3)7-5-6-8-10-4/h10H,5-8H2,1-4H3. The first kappa shape index (κ1) is 9.96. The van der Waals surface area contributed by atoms with Crippen molar-refractivity contribution in [3.05, 3.63) is 0 Å². The fourth-order valence-corrected chi connectivity index (χ4v) is 0.957. The van der Waals surface area contributed by atoms with Gasteiger partial charge in [-0.3, -0.25) is 0 Å². The van der Waals surface area contributed by atoms with Crippen LogP contribution in [-0.2, 0) is 0 Å². The Labute approximate surface area is 65.2 Å². The number of unbranched alkanes of at least 4 members (excludes halogenated alkanes) is 1. The van der Waals surface area contributed by atoms with Gasteiger partial charge in [0.15, 0.2) is 0 Å². The highest BCUT2D eigenvalue weighted by Gasteiger charge is 2.08. The van der Waals surface area contributed by atoms with Crippen molar-refractivity contribution in [2.24, 2.45) is 5.41 Å². The third-order valence-corrected chi connectivity index (χ3v) is 1.60. The van der Waals surface area contributed by atoms with E-state index in [-0.39, 0.29) is 0 Å². The molecule has 0 aliphatic heterocycles. The zero-order valence-corrected chi connectivity index (χ0v) is 7.83.